The van der Waals surface area contributed by atoms with E-state index in [4.69, 9.17) is 9.47 Å². The molecule has 0 N–H and O–H groups in total. The number of hydrogen-bond donors (Lipinski definition) is 0. The molecule has 2 nitrogen and oxygen atoms in total. The molecule has 0 aliphatic rings. The Bertz CT molecular complexity index is 139. The van der Waals surface area contributed by atoms with Crippen molar-refractivity contribution in [1.82, 2.24) is 0 Å². The summed E-state index contributed by atoms with van der Waals surface area (Å²) in [6, 6.07) is 0. The van der Waals surface area contributed by atoms with Crippen molar-refractivity contribution < 1.29 is 9.47 Å². The summed E-state index contributed by atoms with van der Waals surface area (Å²) in [6.45, 7) is 9.88. The van der Waals surface area contributed by atoms with Crippen molar-refractivity contribution in [3.63, 3.8) is 0 Å². The summed E-state index contributed by atoms with van der Waals surface area (Å²) in [5.74, 6) is 0.0613. The van der Waals surface area contributed by atoms with Crippen LogP contribution in [-0.2, 0) is 9.47 Å². The lowest BCUT2D eigenvalue weighted by molar-refractivity contribution is -0.0915. The van der Waals surface area contributed by atoms with E-state index in [2.05, 4.69) is 20.4 Å². The molecule has 0 aromatic carbocycles. The van der Waals surface area contributed by atoms with Gasteiger partial charge in [-0.1, -0.05) is 39.5 Å². The summed E-state index contributed by atoms with van der Waals surface area (Å²) < 4.78 is 11.5. The zero-order chi connectivity index (χ0) is 12.1. The molecule has 0 bridgehead atoms. The van der Waals surface area contributed by atoms with Crippen LogP contribution in [0.5, 0.6) is 0 Å². The monoisotopic (exact) mass is 244 g/mol. The maximum atomic E-state index is 5.73. The molecule has 0 spiro atoms. The lowest BCUT2D eigenvalue weighted by atomic mass is 10.3. The van der Waals surface area contributed by atoms with Gasteiger partial charge in [-0.05, 0) is 12.8 Å². The van der Waals surface area contributed by atoms with Crippen LogP contribution in [0.15, 0.2) is 12.3 Å². The van der Waals surface area contributed by atoms with Crippen LogP contribution in [-0.4, -0.2) is 28.6 Å². The molecule has 3 heteroatoms. The molecule has 0 saturated carbocycles. The van der Waals surface area contributed by atoms with Gasteiger partial charge in [-0.3, -0.25) is 0 Å². The van der Waals surface area contributed by atoms with Gasteiger partial charge in [-0.25, -0.2) is 0 Å². The first-order valence-electron chi connectivity index (χ1n) is 6.69. The summed E-state index contributed by atoms with van der Waals surface area (Å²) >= 11 is 0. The molecular weight excluding hydrogens is 216 g/mol. The van der Waals surface area contributed by atoms with Crippen molar-refractivity contribution in [2.45, 2.75) is 58.3 Å². The molecule has 0 aromatic rings. The van der Waals surface area contributed by atoms with Gasteiger partial charge in [0.15, 0.2) is 0 Å². The van der Waals surface area contributed by atoms with Crippen molar-refractivity contribution in [2.75, 3.05) is 13.2 Å². The van der Waals surface area contributed by atoms with Crippen LogP contribution < -0.4 is 0 Å². The minimum absolute atomic E-state index is 0.0613. The van der Waals surface area contributed by atoms with Crippen LogP contribution in [0.25, 0.3) is 0 Å². The standard InChI is InChI=1S/C13H28O2Si/c1-4-7-9-11-14-13(16-6-3)15-12-10-8-5-2/h6,13H,3-5,7-12,16H2,1-2H3. The fraction of sp³-hybridized carbons (Fsp3) is 0.846. The van der Waals surface area contributed by atoms with Gasteiger partial charge < -0.3 is 9.47 Å². The molecule has 16 heavy (non-hydrogen) atoms. The minimum Gasteiger partial charge on any atom is -0.357 e. The van der Waals surface area contributed by atoms with E-state index in [9.17, 15) is 0 Å². The second-order valence-corrected chi connectivity index (χ2v) is 5.83. The Morgan fingerprint density at radius 3 is 1.88 bits per heavy atom. The number of hydrogen-bond acceptors (Lipinski definition) is 2. The van der Waals surface area contributed by atoms with Crippen molar-refractivity contribution in [3.05, 3.63) is 12.3 Å². The molecule has 0 radical (unpaired) electrons. The van der Waals surface area contributed by atoms with Gasteiger partial charge in [0.25, 0.3) is 0 Å². The second-order valence-electron chi connectivity index (χ2n) is 4.11. The molecule has 0 amide bonds. The van der Waals surface area contributed by atoms with E-state index in [1.54, 1.807) is 0 Å². The lowest BCUT2D eigenvalue weighted by Crippen LogP contribution is -2.24. The van der Waals surface area contributed by atoms with Crippen LogP contribution in [0.3, 0.4) is 0 Å². The second kappa shape index (κ2) is 12.9. The Kier molecular flexibility index (Phi) is 12.8. The van der Waals surface area contributed by atoms with E-state index in [0.29, 0.717) is 0 Å². The largest absolute Gasteiger partial charge is 0.357 e. The van der Waals surface area contributed by atoms with Gasteiger partial charge >= 0.3 is 0 Å². The van der Waals surface area contributed by atoms with Crippen LogP contribution in [0.4, 0.5) is 0 Å². The topological polar surface area (TPSA) is 18.5 Å². The molecule has 0 aliphatic carbocycles. The molecular formula is C13H28O2Si. The summed E-state index contributed by atoms with van der Waals surface area (Å²) in [5.41, 5.74) is 2.00. The summed E-state index contributed by atoms with van der Waals surface area (Å²) in [5, 5.41) is 0. The molecule has 0 fully saturated rings. The predicted molar refractivity (Wildman–Crippen MR) is 73.5 cm³/mol. The molecule has 0 heterocycles. The van der Waals surface area contributed by atoms with Crippen molar-refractivity contribution >= 4 is 9.52 Å². The van der Waals surface area contributed by atoms with E-state index in [1.807, 2.05) is 5.70 Å². The highest BCUT2D eigenvalue weighted by molar-refractivity contribution is 6.42. The van der Waals surface area contributed by atoms with Crippen molar-refractivity contribution in [3.8, 4) is 0 Å². The van der Waals surface area contributed by atoms with E-state index in [0.717, 1.165) is 26.1 Å². The summed E-state index contributed by atoms with van der Waals surface area (Å²) in [4.78, 5) is 0. The quantitative estimate of drug-likeness (QED) is 0.298. The van der Waals surface area contributed by atoms with Gasteiger partial charge in [0, 0.05) is 13.2 Å². The van der Waals surface area contributed by atoms with Gasteiger partial charge in [0.05, 0.1) is 0 Å². The highest BCUT2D eigenvalue weighted by Crippen LogP contribution is 2.02. The fourth-order valence-corrected chi connectivity index (χ4v) is 2.33. The third-order valence-electron chi connectivity index (χ3n) is 2.46. The molecule has 0 rings (SSSR count). The SMILES string of the molecule is C=C[SiH2]C(OCCCCC)OCCCCC. The highest BCUT2D eigenvalue weighted by Gasteiger charge is 2.06. The van der Waals surface area contributed by atoms with Crippen LogP contribution >= 0.6 is 0 Å². The molecule has 96 valence electrons. The number of unbranched alkanes of at least 4 members (excludes halogenated alkanes) is 4. The minimum atomic E-state index is -0.413. The van der Waals surface area contributed by atoms with E-state index in [-0.39, 0.29) is 5.91 Å². The van der Waals surface area contributed by atoms with E-state index in [1.165, 1.54) is 25.7 Å². The third-order valence-corrected chi connectivity index (χ3v) is 3.65. The maximum Gasteiger partial charge on any atom is 0.139 e. The zero-order valence-corrected chi connectivity index (χ0v) is 12.5. The summed E-state index contributed by atoms with van der Waals surface area (Å²) in [6.07, 6.45) is 7.28. The highest BCUT2D eigenvalue weighted by atomic mass is 28.2. The van der Waals surface area contributed by atoms with Crippen molar-refractivity contribution in [2.24, 2.45) is 0 Å². The Balaban J connectivity index is 3.49. The molecule has 0 aliphatic heterocycles. The van der Waals surface area contributed by atoms with Crippen LogP contribution in [0.1, 0.15) is 52.4 Å². The van der Waals surface area contributed by atoms with E-state index < -0.39 is 9.52 Å². The van der Waals surface area contributed by atoms with Gasteiger partial charge in [-0.15, -0.1) is 12.3 Å². The van der Waals surface area contributed by atoms with Gasteiger partial charge in [0.2, 0.25) is 0 Å². The molecule has 0 aromatic heterocycles. The molecule has 0 saturated heterocycles. The van der Waals surface area contributed by atoms with Crippen LogP contribution in [0, 0.1) is 0 Å². The average Bonchev–Trinajstić information content (AvgIpc) is 2.30. The Morgan fingerprint density at radius 2 is 1.50 bits per heavy atom. The third kappa shape index (κ3) is 10.4. The van der Waals surface area contributed by atoms with Gasteiger partial charge in [0.1, 0.15) is 15.4 Å². The van der Waals surface area contributed by atoms with Crippen molar-refractivity contribution in [1.29, 1.82) is 0 Å². The van der Waals surface area contributed by atoms with Gasteiger partial charge in [-0.2, -0.15) is 0 Å². The Labute approximate surface area is 103 Å². The zero-order valence-electron chi connectivity index (χ0n) is 11.0. The van der Waals surface area contributed by atoms with Crippen LogP contribution in [0.2, 0.25) is 0 Å². The summed E-state index contributed by atoms with van der Waals surface area (Å²) in [7, 11) is -0.413. The fourth-order valence-electron chi connectivity index (χ4n) is 1.45. The number of rotatable bonds is 12. The lowest BCUT2D eigenvalue weighted by Gasteiger charge is -2.17. The number of ether oxygens (including phenoxy) is 2. The molecule has 0 unspecified atom stereocenters. The smallest absolute Gasteiger partial charge is 0.139 e. The Hall–Kier alpha value is -0.123. The maximum absolute atomic E-state index is 5.73. The normalized spacial score (nSPS) is 11.7. The first kappa shape index (κ1) is 15.9. The molecule has 0 atom stereocenters. The average molecular weight is 244 g/mol. The first-order valence-corrected chi connectivity index (χ1v) is 8.32. The first-order chi connectivity index (χ1) is 7.85. The predicted octanol–water partition coefficient (Wildman–Crippen LogP) is 3.00. The Morgan fingerprint density at radius 1 is 1.00 bits per heavy atom. The van der Waals surface area contributed by atoms with E-state index >= 15 is 0 Å².